The first-order valence-corrected chi connectivity index (χ1v) is 24.2. The summed E-state index contributed by atoms with van der Waals surface area (Å²) in [5.41, 5.74) is -1.84. The lowest BCUT2D eigenvalue weighted by Gasteiger charge is -2.49. The molecule has 0 radical (unpaired) electrons. The summed E-state index contributed by atoms with van der Waals surface area (Å²) in [5, 5.41) is 6.34. The SMILES string of the molecule is CC(C)(C)OC(=O)N[C@H]1[C@H]2CCCCC[C@]1(C)c1cc(OC(=O)C(C)(C)CCCC(C)(C)C(=O)Oc3cc(F)c4c(c3)[C@@]3(C)CCCCC[C@@H](C4)[C@@H]3NC(=O)OC(C)(C)C)cc(F)c1C2. The molecule has 2 aromatic carbocycles. The second kappa shape index (κ2) is 18.8. The molecule has 10 nitrogen and oxygen atoms in total. The molecular weight excluding hydrogens is 831 g/mol. The van der Waals surface area contributed by atoms with Crippen molar-refractivity contribution in [2.24, 2.45) is 22.7 Å². The molecule has 0 aromatic heterocycles. The normalized spacial score (nSPS) is 25.8. The monoisotopic (exact) mass is 907 g/mol. The molecule has 65 heavy (non-hydrogen) atoms. The number of fused-ring (bicyclic) bond motifs is 8. The van der Waals surface area contributed by atoms with Crippen molar-refractivity contribution in [3.05, 3.63) is 58.2 Å². The highest BCUT2D eigenvalue weighted by atomic mass is 19.1. The third-order valence-corrected chi connectivity index (χ3v) is 14.8. The number of ether oxygens (including phenoxy) is 4. The minimum atomic E-state index is -0.987. The van der Waals surface area contributed by atoms with E-state index in [9.17, 15) is 19.2 Å². The molecule has 4 aliphatic carbocycles. The maximum atomic E-state index is 16.1. The Bertz CT molecular complexity index is 1970. The number of carbonyl (C=O) groups excluding carboxylic acids is 4. The number of alkyl carbamates (subject to hydrolysis) is 2. The van der Waals surface area contributed by atoms with Gasteiger partial charge in [-0.25, -0.2) is 18.4 Å². The van der Waals surface area contributed by atoms with Crippen LogP contribution in [-0.2, 0) is 42.7 Å². The average molecular weight is 907 g/mol. The van der Waals surface area contributed by atoms with Crippen LogP contribution in [0.25, 0.3) is 0 Å². The Kier molecular flexibility index (Phi) is 14.5. The van der Waals surface area contributed by atoms with Crippen LogP contribution in [0.15, 0.2) is 24.3 Å². The van der Waals surface area contributed by atoms with E-state index < -0.39 is 68.6 Å². The number of halogens is 2. The molecule has 0 saturated heterocycles. The molecule has 2 saturated carbocycles. The largest absolute Gasteiger partial charge is 0.444 e. The van der Waals surface area contributed by atoms with Crippen LogP contribution in [0.5, 0.6) is 11.5 Å². The van der Waals surface area contributed by atoms with Crippen molar-refractivity contribution >= 4 is 24.1 Å². The van der Waals surface area contributed by atoms with Crippen LogP contribution in [0.4, 0.5) is 18.4 Å². The number of esters is 2. The van der Waals surface area contributed by atoms with Crippen LogP contribution in [0.2, 0.25) is 0 Å². The highest BCUT2D eigenvalue weighted by Crippen LogP contribution is 2.50. The van der Waals surface area contributed by atoms with Gasteiger partial charge >= 0.3 is 24.1 Å². The zero-order valence-corrected chi connectivity index (χ0v) is 41.2. The lowest BCUT2D eigenvalue weighted by molar-refractivity contribution is -0.145. The summed E-state index contributed by atoms with van der Waals surface area (Å²) in [6, 6.07) is 5.59. The molecule has 0 aliphatic heterocycles. The Morgan fingerprint density at radius 3 is 1.31 bits per heavy atom. The van der Waals surface area contributed by atoms with Crippen molar-refractivity contribution in [1.29, 1.82) is 0 Å². The zero-order chi connectivity index (χ0) is 47.9. The predicted molar refractivity (Wildman–Crippen MR) is 247 cm³/mol. The van der Waals surface area contributed by atoms with E-state index in [0.29, 0.717) is 43.2 Å². The van der Waals surface area contributed by atoms with Gasteiger partial charge in [-0.2, -0.15) is 0 Å². The summed E-state index contributed by atoms with van der Waals surface area (Å²) in [6.45, 7) is 22.2. The van der Waals surface area contributed by atoms with Gasteiger partial charge in [0.1, 0.15) is 34.3 Å². The minimum absolute atomic E-state index is 0.0304. The Morgan fingerprint density at radius 2 is 0.954 bits per heavy atom. The number of nitrogens with one attached hydrogen (secondary N) is 2. The Balaban J connectivity index is 1.12. The molecule has 2 aromatic rings. The first kappa shape index (κ1) is 50.2. The first-order valence-electron chi connectivity index (χ1n) is 24.2. The molecule has 360 valence electrons. The van der Waals surface area contributed by atoms with Gasteiger partial charge in [0, 0.05) is 35.0 Å². The van der Waals surface area contributed by atoms with Crippen LogP contribution in [-0.4, -0.2) is 47.4 Å². The van der Waals surface area contributed by atoms with Gasteiger partial charge in [0.25, 0.3) is 0 Å². The molecule has 6 atom stereocenters. The molecule has 4 aliphatic rings. The van der Waals surface area contributed by atoms with Crippen LogP contribution in [0.3, 0.4) is 0 Å². The maximum Gasteiger partial charge on any atom is 0.407 e. The first-order chi connectivity index (χ1) is 30.1. The van der Waals surface area contributed by atoms with Gasteiger partial charge in [-0.05, 0) is 167 Å². The fourth-order valence-electron chi connectivity index (χ4n) is 11.3. The van der Waals surface area contributed by atoms with E-state index in [1.165, 1.54) is 12.1 Å². The molecule has 0 heterocycles. The van der Waals surface area contributed by atoms with Crippen LogP contribution < -0.4 is 20.1 Å². The van der Waals surface area contributed by atoms with Gasteiger partial charge in [0.05, 0.1) is 10.8 Å². The smallest absolute Gasteiger partial charge is 0.407 e. The summed E-state index contributed by atoms with van der Waals surface area (Å²) in [5.74, 6) is -1.59. The number of benzene rings is 2. The molecule has 12 heteroatoms. The summed E-state index contributed by atoms with van der Waals surface area (Å²) in [7, 11) is 0. The topological polar surface area (TPSA) is 129 Å². The van der Waals surface area contributed by atoms with Crippen molar-refractivity contribution in [2.45, 2.75) is 214 Å². The number of rotatable bonds is 10. The van der Waals surface area contributed by atoms with Gasteiger partial charge in [0.15, 0.2) is 0 Å². The van der Waals surface area contributed by atoms with E-state index in [2.05, 4.69) is 24.5 Å². The van der Waals surface area contributed by atoms with E-state index in [4.69, 9.17) is 18.9 Å². The Labute approximate surface area is 386 Å². The van der Waals surface area contributed by atoms with Crippen molar-refractivity contribution < 1.29 is 46.9 Å². The molecule has 6 rings (SSSR count). The average Bonchev–Trinajstić information content (AvgIpc) is 3.16. The quantitative estimate of drug-likeness (QED) is 0.178. The fourth-order valence-corrected chi connectivity index (χ4v) is 11.3. The van der Waals surface area contributed by atoms with Crippen molar-refractivity contribution in [2.75, 3.05) is 0 Å². The summed E-state index contributed by atoms with van der Waals surface area (Å²) in [6.07, 6.45) is 10.2. The van der Waals surface area contributed by atoms with Gasteiger partial charge < -0.3 is 29.6 Å². The molecule has 2 amide bonds. The van der Waals surface area contributed by atoms with E-state index in [0.717, 1.165) is 75.3 Å². The molecular formula is C53H76F2N2O8. The van der Waals surface area contributed by atoms with Gasteiger partial charge in [-0.1, -0.05) is 58.8 Å². The molecule has 0 unspecified atom stereocenters. The Morgan fingerprint density at radius 1 is 0.585 bits per heavy atom. The second-order valence-electron chi connectivity index (χ2n) is 23.5. The minimum Gasteiger partial charge on any atom is -0.444 e. The van der Waals surface area contributed by atoms with E-state index in [-0.39, 0.29) is 35.4 Å². The molecule has 4 bridgehead atoms. The highest BCUT2D eigenvalue weighted by Gasteiger charge is 2.50. The van der Waals surface area contributed by atoms with E-state index >= 15 is 8.78 Å². The van der Waals surface area contributed by atoms with Crippen LogP contribution in [0, 0.1) is 34.3 Å². The number of carbonyl (C=O) groups is 4. The summed E-state index contributed by atoms with van der Waals surface area (Å²) >= 11 is 0. The van der Waals surface area contributed by atoms with Gasteiger partial charge in [0.2, 0.25) is 0 Å². The zero-order valence-electron chi connectivity index (χ0n) is 41.2. The van der Waals surface area contributed by atoms with Crippen LogP contribution >= 0.6 is 0 Å². The fraction of sp³-hybridized carbons (Fsp3) is 0.698. The molecule has 0 spiro atoms. The highest BCUT2D eigenvalue weighted by molar-refractivity contribution is 5.79. The van der Waals surface area contributed by atoms with Crippen molar-refractivity contribution in [3.8, 4) is 11.5 Å². The third kappa shape index (κ3) is 11.5. The summed E-state index contributed by atoms with van der Waals surface area (Å²) in [4.78, 5) is 53.9. The third-order valence-electron chi connectivity index (χ3n) is 14.8. The number of amides is 2. The second-order valence-corrected chi connectivity index (χ2v) is 23.5. The number of hydrogen-bond donors (Lipinski definition) is 2. The van der Waals surface area contributed by atoms with Crippen molar-refractivity contribution in [1.82, 2.24) is 10.6 Å². The van der Waals surface area contributed by atoms with E-state index in [1.54, 1.807) is 39.8 Å². The standard InChI is InChI=1S/C53H76F2N2O8/c1-48(2,3)64-46(60)56-42-32-20-15-13-17-24-52(42,11)38-28-34(30-40(54)36(38)26-32)62-44(58)50(7,8)22-19-23-51(9,10)45(59)63-35-29-39-37(41(55)31-35)27-33-21-16-14-18-25-53(39,12)43(33)57-47(61)65-49(4,5)6/h28-33,42-43H,13-27H2,1-12H3,(H,56,60)(H,57,61)/t32-,33-,42-,43-,52+,53+/m0/s1. The number of hydrogen-bond acceptors (Lipinski definition) is 8. The maximum absolute atomic E-state index is 16.1. The van der Waals surface area contributed by atoms with Gasteiger partial charge in [-0.3, -0.25) is 9.59 Å². The lowest BCUT2D eigenvalue weighted by atomic mass is 9.59. The van der Waals surface area contributed by atoms with Crippen molar-refractivity contribution in [3.63, 3.8) is 0 Å². The van der Waals surface area contributed by atoms with Gasteiger partial charge in [-0.15, -0.1) is 0 Å². The molecule has 2 fully saturated rings. The van der Waals surface area contributed by atoms with Crippen LogP contribution in [0.1, 0.15) is 189 Å². The molecule has 2 N–H and O–H groups in total. The Hall–Kier alpha value is -4.22. The lowest BCUT2D eigenvalue weighted by Crippen LogP contribution is -2.57. The summed E-state index contributed by atoms with van der Waals surface area (Å²) < 4.78 is 55.5. The van der Waals surface area contributed by atoms with E-state index in [1.807, 2.05) is 41.5 Å². The predicted octanol–water partition coefficient (Wildman–Crippen LogP) is 12.3.